The summed E-state index contributed by atoms with van der Waals surface area (Å²) in [6, 6.07) is 6.28. The molecular formula is C19H18FN7O. The van der Waals surface area contributed by atoms with Gasteiger partial charge in [-0.25, -0.2) is 19.0 Å². The summed E-state index contributed by atoms with van der Waals surface area (Å²) >= 11 is 0. The molecule has 1 saturated heterocycles. The Bertz CT molecular complexity index is 1190. The molecule has 28 heavy (non-hydrogen) atoms. The van der Waals surface area contributed by atoms with Gasteiger partial charge in [0.15, 0.2) is 5.65 Å². The van der Waals surface area contributed by atoms with Crippen LogP contribution in [-0.2, 0) is 7.05 Å². The maximum Gasteiger partial charge on any atom is 0.255 e. The highest BCUT2D eigenvalue weighted by atomic mass is 19.1. The van der Waals surface area contributed by atoms with Crippen molar-refractivity contribution >= 4 is 28.1 Å². The summed E-state index contributed by atoms with van der Waals surface area (Å²) in [4.78, 5) is 26.8. The second-order valence-corrected chi connectivity index (χ2v) is 7.13. The smallest absolute Gasteiger partial charge is 0.255 e. The molecule has 0 radical (unpaired) electrons. The number of nitrogens with zero attached hydrogens (tertiary/aromatic N) is 6. The van der Waals surface area contributed by atoms with Gasteiger partial charge >= 0.3 is 0 Å². The summed E-state index contributed by atoms with van der Waals surface area (Å²) in [5.41, 5.74) is 3.25. The zero-order valence-corrected chi connectivity index (χ0v) is 15.3. The quantitative estimate of drug-likeness (QED) is 0.577. The Hall–Kier alpha value is -3.36. The molecule has 4 aromatic rings. The predicted octanol–water partition coefficient (Wildman–Crippen LogP) is 2.40. The number of carbonyl (C=O) groups is 1. The third-order valence-electron chi connectivity index (χ3n) is 5.32. The zero-order valence-electron chi connectivity index (χ0n) is 15.3. The Balaban J connectivity index is 1.30. The SMILES string of the molecule is Cn1nnc2cc(C(=O)N3CCC(c4nc5ccc(F)cc5[nH]4)CC3)cnc21. The molecule has 0 spiro atoms. The summed E-state index contributed by atoms with van der Waals surface area (Å²) in [6.45, 7) is 1.26. The van der Waals surface area contributed by atoms with E-state index in [9.17, 15) is 9.18 Å². The van der Waals surface area contributed by atoms with Crippen LogP contribution >= 0.6 is 0 Å². The van der Waals surface area contributed by atoms with Crippen LogP contribution in [0.3, 0.4) is 0 Å². The number of piperidine rings is 1. The Morgan fingerprint density at radius 2 is 2.04 bits per heavy atom. The summed E-state index contributed by atoms with van der Waals surface area (Å²) in [5, 5.41) is 7.95. The minimum Gasteiger partial charge on any atom is -0.342 e. The standard InChI is InChI=1S/C19H18FN7O/c1-26-18-16(24-25-26)8-12(10-21-18)19(28)27-6-4-11(5-7-27)17-22-14-3-2-13(20)9-15(14)23-17/h2-3,8-11H,4-7H2,1H3,(H,22,23). The van der Waals surface area contributed by atoms with E-state index in [2.05, 4.69) is 25.3 Å². The summed E-state index contributed by atoms with van der Waals surface area (Å²) in [5.74, 6) is 0.748. The van der Waals surface area contributed by atoms with Crippen LogP contribution in [-0.4, -0.2) is 53.8 Å². The lowest BCUT2D eigenvalue weighted by atomic mass is 9.95. The lowest BCUT2D eigenvalue weighted by Crippen LogP contribution is -2.38. The van der Waals surface area contributed by atoms with Crippen LogP contribution in [0.1, 0.15) is 34.9 Å². The first-order valence-electron chi connectivity index (χ1n) is 9.18. The fourth-order valence-electron chi connectivity index (χ4n) is 3.78. The van der Waals surface area contributed by atoms with E-state index in [0.29, 0.717) is 35.3 Å². The van der Waals surface area contributed by atoms with Crippen molar-refractivity contribution in [2.45, 2.75) is 18.8 Å². The second-order valence-electron chi connectivity index (χ2n) is 7.13. The van der Waals surface area contributed by atoms with Crippen molar-refractivity contribution in [2.24, 2.45) is 7.05 Å². The van der Waals surface area contributed by atoms with Gasteiger partial charge in [0.1, 0.15) is 17.2 Å². The largest absolute Gasteiger partial charge is 0.342 e. The minimum atomic E-state index is -0.281. The molecule has 0 unspecified atom stereocenters. The van der Waals surface area contributed by atoms with E-state index in [4.69, 9.17) is 0 Å². The van der Waals surface area contributed by atoms with E-state index in [-0.39, 0.29) is 17.6 Å². The second kappa shape index (κ2) is 6.36. The number of aromatic amines is 1. The normalized spacial score (nSPS) is 15.6. The number of hydrogen-bond acceptors (Lipinski definition) is 5. The number of nitrogens with one attached hydrogen (secondary N) is 1. The molecule has 3 aromatic heterocycles. The molecular weight excluding hydrogens is 361 g/mol. The van der Waals surface area contributed by atoms with Gasteiger partial charge in [-0.1, -0.05) is 5.21 Å². The number of benzene rings is 1. The molecule has 1 amide bonds. The van der Waals surface area contributed by atoms with Crippen LogP contribution in [0.5, 0.6) is 0 Å². The molecule has 0 saturated carbocycles. The molecule has 1 aliphatic rings. The van der Waals surface area contributed by atoms with Crippen LogP contribution < -0.4 is 0 Å². The predicted molar refractivity (Wildman–Crippen MR) is 100 cm³/mol. The van der Waals surface area contributed by atoms with E-state index in [1.807, 2.05) is 4.90 Å². The number of fused-ring (bicyclic) bond motifs is 2. The molecule has 1 fully saturated rings. The van der Waals surface area contributed by atoms with Gasteiger partial charge in [-0.2, -0.15) is 0 Å². The molecule has 1 aliphatic heterocycles. The molecule has 5 rings (SSSR count). The number of pyridine rings is 1. The number of amides is 1. The Morgan fingerprint density at radius 3 is 2.86 bits per heavy atom. The topological polar surface area (TPSA) is 92.6 Å². The Morgan fingerprint density at radius 1 is 1.21 bits per heavy atom. The molecule has 8 nitrogen and oxygen atoms in total. The highest BCUT2D eigenvalue weighted by molar-refractivity contribution is 5.96. The first kappa shape index (κ1) is 16.8. The van der Waals surface area contributed by atoms with Gasteiger partial charge in [0.25, 0.3) is 5.91 Å². The monoisotopic (exact) mass is 379 g/mol. The third-order valence-corrected chi connectivity index (χ3v) is 5.32. The maximum absolute atomic E-state index is 13.4. The number of rotatable bonds is 2. The molecule has 1 N–H and O–H groups in total. The number of imidazole rings is 1. The van der Waals surface area contributed by atoms with Crippen molar-refractivity contribution < 1.29 is 9.18 Å². The van der Waals surface area contributed by atoms with Gasteiger partial charge < -0.3 is 9.88 Å². The highest BCUT2D eigenvalue weighted by Gasteiger charge is 2.27. The maximum atomic E-state index is 13.4. The average molecular weight is 379 g/mol. The molecule has 1 aromatic carbocycles. The first-order chi connectivity index (χ1) is 13.6. The van der Waals surface area contributed by atoms with Gasteiger partial charge in [0.05, 0.1) is 16.6 Å². The molecule has 0 aliphatic carbocycles. The number of likely N-dealkylation sites (tertiary alicyclic amines) is 1. The van der Waals surface area contributed by atoms with Crippen molar-refractivity contribution in [1.82, 2.24) is 34.8 Å². The summed E-state index contributed by atoms with van der Waals surface area (Å²) < 4.78 is 15.0. The van der Waals surface area contributed by atoms with E-state index in [0.717, 1.165) is 24.2 Å². The Kier molecular flexibility index (Phi) is 3.81. The van der Waals surface area contributed by atoms with Crippen LogP contribution in [0.4, 0.5) is 4.39 Å². The molecule has 4 heterocycles. The van der Waals surface area contributed by atoms with Gasteiger partial charge in [0.2, 0.25) is 0 Å². The van der Waals surface area contributed by atoms with Crippen molar-refractivity contribution in [3.8, 4) is 0 Å². The van der Waals surface area contributed by atoms with Crippen molar-refractivity contribution in [3.05, 3.63) is 47.7 Å². The Labute approximate surface area is 159 Å². The number of aryl methyl sites for hydroxylation is 1. The van der Waals surface area contributed by atoms with Crippen molar-refractivity contribution in [2.75, 3.05) is 13.1 Å². The van der Waals surface area contributed by atoms with Crippen molar-refractivity contribution in [1.29, 1.82) is 0 Å². The van der Waals surface area contributed by atoms with E-state index >= 15 is 0 Å². The molecule has 0 bridgehead atoms. The van der Waals surface area contributed by atoms with Crippen LogP contribution in [0.2, 0.25) is 0 Å². The van der Waals surface area contributed by atoms with Crippen LogP contribution in [0, 0.1) is 5.82 Å². The van der Waals surface area contributed by atoms with E-state index in [1.54, 1.807) is 30.1 Å². The lowest BCUT2D eigenvalue weighted by molar-refractivity contribution is 0.0711. The van der Waals surface area contributed by atoms with E-state index < -0.39 is 0 Å². The average Bonchev–Trinajstić information content (AvgIpc) is 3.30. The van der Waals surface area contributed by atoms with Gasteiger partial charge in [0, 0.05) is 32.3 Å². The van der Waals surface area contributed by atoms with Crippen molar-refractivity contribution in [3.63, 3.8) is 0 Å². The number of H-pyrrole nitrogens is 1. The lowest BCUT2D eigenvalue weighted by Gasteiger charge is -2.31. The number of hydrogen-bond donors (Lipinski definition) is 1. The van der Waals surface area contributed by atoms with E-state index in [1.165, 1.54) is 12.1 Å². The first-order valence-corrected chi connectivity index (χ1v) is 9.18. The highest BCUT2D eigenvalue weighted by Crippen LogP contribution is 2.28. The summed E-state index contributed by atoms with van der Waals surface area (Å²) in [7, 11) is 1.76. The van der Waals surface area contributed by atoms with Crippen LogP contribution in [0.15, 0.2) is 30.5 Å². The van der Waals surface area contributed by atoms with Gasteiger partial charge in [-0.15, -0.1) is 5.10 Å². The zero-order chi connectivity index (χ0) is 19.3. The number of aromatic nitrogens is 6. The molecule has 9 heteroatoms. The van der Waals surface area contributed by atoms with Gasteiger partial charge in [-0.05, 0) is 37.1 Å². The molecule has 142 valence electrons. The third kappa shape index (κ3) is 2.79. The fourth-order valence-corrected chi connectivity index (χ4v) is 3.78. The van der Waals surface area contributed by atoms with Crippen LogP contribution in [0.25, 0.3) is 22.2 Å². The molecule has 0 atom stereocenters. The minimum absolute atomic E-state index is 0.0508. The number of carbonyl (C=O) groups excluding carboxylic acids is 1. The summed E-state index contributed by atoms with van der Waals surface area (Å²) in [6.07, 6.45) is 3.18. The number of halogens is 1. The van der Waals surface area contributed by atoms with Gasteiger partial charge in [-0.3, -0.25) is 4.79 Å². The fraction of sp³-hybridized carbons (Fsp3) is 0.316.